The molecule has 6 heteroatoms. The van der Waals surface area contributed by atoms with Crippen molar-refractivity contribution in [2.45, 2.75) is 24.8 Å². The Bertz CT molecular complexity index is 591. The highest BCUT2D eigenvalue weighted by Crippen LogP contribution is 2.12. The molecule has 0 radical (unpaired) electrons. The van der Waals surface area contributed by atoms with E-state index in [0.717, 1.165) is 0 Å². The summed E-state index contributed by atoms with van der Waals surface area (Å²) in [6.45, 7) is 3.42. The highest BCUT2D eigenvalue weighted by atomic mass is 32.2. The molecule has 0 aliphatic heterocycles. The zero-order chi connectivity index (χ0) is 13.8. The number of hydrogen-bond acceptors (Lipinski definition) is 3. The lowest BCUT2D eigenvalue weighted by molar-refractivity contribution is 0.247. The second-order valence-corrected chi connectivity index (χ2v) is 5.44. The molecule has 1 unspecified atom stereocenters. The van der Waals surface area contributed by atoms with Gasteiger partial charge in [-0.1, -0.05) is 5.92 Å². The summed E-state index contributed by atoms with van der Waals surface area (Å²) in [5.41, 5.74) is 0.556. The Morgan fingerprint density at radius 2 is 2.00 bits per heavy atom. The number of benzene rings is 1. The van der Waals surface area contributed by atoms with Crippen molar-refractivity contribution >= 4 is 16.0 Å². The molecule has 5 nitrogen and oxygen atoms in total. The molecule has 0 spiro atoms. The van der Waals surface area contributed by atoms with Crippen LogP contribution in [0.5, 0.6) is 0 Å². The molecule has 0 saturated heterocycles. The van der Waals surface area contributed by atoms with Crippen molar-refractivity contribution in [2.24, 2.45) is 4.36 Å². The van der Waals surface area contributed by atoms with Crippen molar-refractivity contribution in [3.05, 3.63) is 29.8 Å². The van der Waals surface area contributed by atoms with E-state index >= 15 is 0 Å². The van der Waals surface area contributed by atoms with Gasteiger partial charge in [-0.3, -0.25) is 4.21 Å². The lowest BCUT2D eigenvalue weighted by Gasteiger charge is -2.14. The predicted molar refractivity (Wildman–Crippen MR) is 67.7 cm³/mol. The number of terminal acetylenes is 1. The van der Waals surface area contributed by atoms with E-state index in [1.165, 1.54) is 24.3 Å². The van der Waals surface area contributed by atoms with Gasteiger partial charge in [-0.05, 0) is 38.1 Å². The lowest BCUT2D eigenvalue weighted by Crippen LogP contribution is -2.28. The average Bonchev–Trinajstić information content (AvgIpc) is 2.27. The first kappa shape index (κ1) is 14.2. The van der Waals surface area contributed by atoms with Gasteiger partial charge >= 0.3 is 6.03 Å². The molecule has 1 aromatic carbocycles. The maximum atomic E-state index is 11.7. The molecule has 1 atom stereocenters. The molecule has 1 aromatic rings. The summed E-state index contributed by atoms with van der Waals surface area (Å²) < 4.78 is 26.6. The highest BCUT2D eigenvalue weighted by Gasteiger charge is 2.05. The molecule has 0 aliphatic rings. The number of urea groups is 1. The molecular weight excluding hydrogens is 252 g/mol. The first-order valence-electron chi connectivity index (χ1n) is 5.20. The maximum Gasteiger partial charge on any atom is 0.348 e. The summed E-state index contributed by atoms with van der Waals surface area (Å²) in [6.07, 6.45) is 5.16. The minimum absolute atomic E-state index is 0.0691. The topological polar surface area (TPSA) is 81.6 Å². The summed E-state index contributed by atoms with van der Waals surface area (Å²) in [5.74, 6) is 2.37. The van der Waals surface area contributed by atoms with Crippen LogP contribution in [0.15, 0.2) is 33.5 Å². The van der Waals surface area contributed by atoms with Crippen LogP contribution in [-0.4, -0.2) is 20.8 Å². The van der Waals surface area contributed by atoms with Crippen LogP contribution in [0.25, 0.3) is 0 Å². The molecule has 0 aliphatic carbocycles. The van der Waals surface area contributed by atoms with Crippen molar-refractivity contribution in [1.29, 1.82) is 0 Å². The van der Waals surface area contributed by atoms with Crippen molar-refractivity contribution in [3.8, 4) is 12.3 Å². The van der Waals surface area contributed by atoms with E-state index in [4.69, 9.17) is 6.42 Å². The zero-order valence-corrected chi connectivity index (χ0v) is 10.9. The molecule has 0 aromatic heterocycles. The molecule has 1 rings (SSSR count). The summed E-state index contributed by atoms with van der Waals surface area (Å²) in [5, 5.41) is 2.37. The van der Waals surface area contributed by atoms with Crippen LogP contribution < -0.4 is 5.32 Å². The SMILES string of the molecule is C#Cc1ccc(S(=O)([O-])=NC(=O)NC(C)C)cc1. The third-order valence-corrected chi connectivity index (χ3v) is 3.21. The van der Waals surface area contributed by atoms with Gasteiger partial charge in [0, 0.05) is 26.5 Å². The first-order valence-corrected chi connectivity index (χ1v) is 6.64. The number of nitrogens with one attached hydrogen (secondary N) is 1. The molecule has 0 saturated carbocycles. The number of amides is 2. The molecule has 96 valence electrons. The van der Waals surface area contributed by atoms with Gasteiger partial charge in [-0.25, -0.2) is 4.79 Å². The summed E-state index contributed by atoms with van der Waals surface area (Å²) in [7, 11) is -3.99. The van der Waals surface area contributed by atoms with Crippen molar-refractivity contribution < 1.29 is 13.6 Å². The zero-order valence-electron chi connectivity index (χ0n) is 10.0. The van der Waals surface area contributed by atoms with Crippen LogP contribution in [0.2, 0.25) is 0 Å². The molecule has 0 heterocycles. The monoisotopic (exact) mass is 265 g/mol. The Morgan fingerprint density at radius 1 is 1.44 bits per heavy atom. The number of rotatable bonds is 2. The molecular formula is C12H13N2O3S-. The molecule has 18 heavy (non-hydrogen) atoms. The minimum atomic E-state index is -3.99. The molecule has 0 bridgehead atoms. The standard InChI is InChI=1S/C12H14N2O3S/c1-4-10-5-7-11(8-6-10)18(16,17)14-12(15)13-9(2)3/h1,5-9H,2-3H3,(H2,13,14,15,16,17)/p-1. The van der Waals surface area contributed by atoms with Gasteiger partial charge in [0.2, 0.25) is 0 Å². The number of hydrogen-bond donors (Lipinski definition) is 1. The Balaban J connectivity index is 3.05. The summed E-state index contributed by atoms with van der Waals surface area (Å²) in [4.78, 5) is 11.2. The minimum Gasteiger partial charge on any atom is -0.760 e. The van der Waals surface area contributed by atoms with E-state index in [0.29, 0.717) is 5.56 Å². The van der Waals surface area contributed by atoms with Crippen LogP contribution >= 0.6 is 0 Å². The Labute approximate surface area is 107 Å². The van der Waals surface area contributed by atoms with E-state index in [-0.39, 0.29) is 10.9 Å². The highest BCUT2D eigenvalue weighted by molar-refractivity contribution is 7.88. The van der Waals surface area contributed by atoms with Crippen LogP contribution in [0, 0.1) is 12.3 Å². The van der Waals surface area contributed by atoms with Gasteiger partial charge in [-0.15, -0.1) is 6.42 Å². The molecule has 2 amide bonds. The summed E-state index contributed by atoms with van der Waals surface area (Å²) >= 11 is 0. The fourth-order valence-corrected chi connectivity index (χ4v) is 2.01. The fraction of sp³-hybridized carbons (Fsp3) is 0.250. The van der Waals surface area contributed by atoms with E-state index < -0.39 is 16.0 Å². The largest absolute Gasteiger partial charge is 0.760 e. The maximum absolute atomic E-state index is 11.7. The second kappa shape index (κ2) is 5.67. The van der Waals surface area contributed by atoms with Gasteiger partial charge < -0.3 is 9.87 Å². The van der Waals surface area contributed by atoms with E-state index in [9.17, 15) is 13.6 Å². The van der Waals surface area contributed by atoms with E-state index in [2.05, 4.69) is 15.6 Å². The van der Waals surface area contributed by atoms with Crippen molar-refractivity contribution in [3.63, 3.8) is 0 Å². The number of carbonyl (C=O) groups excluding carboxylic acids is 1. The molecule has 1 N–H and O–H groups in total. The molecule has 0 fully saturated rings. The van der Waals surface area contributed by atoms with Crippen molar-refractivity contribution in [1.82, 2.24) is 5.32 Å². The van der Waals surface area contributed by atoms with Crippen LogP contribution in [0.4, 0.5) is 4.79 Å². The number of nitrogens with zero attached hydrogens (tertiary/aromatic N) is 1. The van der Waals surface area contributed by atoms with Gasteiger partial charge in [0.1, 0.15) is 0 Å². The lowest BCUT2D eigenvalue weighted by atomic mass is 10.2. The van der Waals surface area contributed by atoms with E-state index in [1.54, 1.807) is 13.8 Å². The average molecular weight is 265 g/mol. The van der Waals surface area contributed by atoms with E-state index in [1.807, 2.05) is 0 Å². The fourth-order valence-electron chi connectivity index (χ4n) is 1.16. The Morgan fingerprint density at radius 3 is 2.44 bits per heavy atom. The van der Waals surface area contributed by atoms with Gasteiger partial charge in [0.15, 0.2) is 0 Å². The normalized spacial score (nSPS) is 13.5. The van der Waals surface area contributed by atoms with Crippen LogP contribution in [0.1, 0.15) is 19.4 Å². The second-order valence-electron chi connectivity index (χ2n) is 3.84. The summed E-state index contributed by atoms with van der Waals surface area (Å²) in [6, 6.07) is 4.52. The number of carbonyl (C=O) groups is 1. The Hall–Kier alpha value is -1.84. The van der Waals surface area contributed by atoms with Gasteiger partial charge in [-0.2, -0.15) is 4.36 Å². The smallest absolute Gasteiger partial charge is 0.348 e. The third kappa shape index (κ3) is 3.87. The van der Waals surface area contributed by atoms with Gasteiger partial charge in [0.05, 0.1) is 0 Å². The first-order chi connectivity index (χ1) is 8.35. The van der Waals surface area contributed by atoms with Crippen LogP contribution in [-0.2, 0) is 10.0 Å². The predicted octanol–water partition coefficient (Wildman–Crippen LogP) is 1.74. The van der Waals surface area contributed by atoms with Gasteiger partial charge in [0.25, 0.3) is 0 Å². The quantitative estimate of drug-likeness (QED) is 0.827. The third-order valence-electron chi connectivity index (χ3n) is 1.93. The van der Waals surface area contributed by atoms with Crippen LogP contribution in [0.3, 0.4) is 0 Å². The Kier molecular flexibility index (Phi) is 4.48. The van der Waals surface area contributed by atoms with Crippen molar-refractivity contribution in [2.75, 3.05) is 0 Å².